The first-order valence-corrected chi connectivity index (χ1v) is 5.99. The third-order valence-corrected chi connectivity index (χ3v) is 3.26. The zero-order chi connectivity index (χ0) is 11.7. The molecule has 0 atom stereocenters. The van der Waals surface area contributed by atoms with Crippen molar-refractivity contribution in [2.45, 2.75) is 19.8 Å². The van der Waals surface area contributed by atoms with Crippen LogP contribution in [-0.4, -0.2) is 13.1 Å². The van der Waals surface area contributed by atoms with Crippen molar-refractivity contribution in [3.63, 3.8) is 0 Å². The molecule has 2 rings (SSSR count). The Morgan fingerprint density at radius 2 is 2.19 bits per heavy atom. The molecule has 1 aromatic carbocycles. The first kappa shape index (κ1) is 11.5. The first-order valence-electron chi connectivity index (χ1n) is 5.61. The lowest BCUT2D eigenvalue weighted by molar-refractivity contribution is 0.626. The van der Waals surface area contributed by atoms with Gasteiger partial charge in [-0.05, 0) is 31.7 Å². The van der Waals surface area contributed by atoms with Crippen LogP contribution in [0, 0.1) is 11.7 Å². The summed E-state index contributed by atoms with van der Waals surface area (Å²) < 4.78 is 13.4. The highest BCUT2D eigenvalue weighted by atomic mass is 35.5. The van der Waals surface area contributed by atoms with Gasteiger partial charge in [-0.25, -0.2) is 4.39 Å². The number of hydrogen-bond acceptors (Lipinski definition) is 2. The van der Waals surface area contributed by atoms with E-state index in [1.807, 2.05) is 6.92 Å². The number of hydrogen-bond donors (Lipinski definition) is 1. The molecule has 1 aromatic rings. The second-order valence-electron chi connectivity index (χ2n) is 4.31. The van der Waals surface area contributed by atoms with Gasteiger partial charge in [0.15, 0.2) is 0 Å². The molecule has 0 aliphatic heterocycles. The van der Waals surface area contributed by atoms with E-state index in [0.717, 1.165) is 24.7 Å². The van der Waals surface area contributed by atoms with Gasteiger partial charge in [0, 0.05) is 19.2 Å². The molecule has 88 valence electrons. The third kappa shape index (κ3) is 2.40. The maximum atomic E-state index is 13.4. The molecular weight excluding hydrogens is 227 g/mol. The molecule has 0 spiro atoms. The number of nitrogen functional groups attached to an aromatic ring is 1. The van der Waals surface area contributed by atoms with Crippen molar-refractivity contribution in [1.29, 1.82) is 0 Å². The highest BCUT2D eigenvalue weighted by molar-refractivity contribution is 6.31. The predicted molar refractivity (Wildman–Crippen MR) is 66.4 cm³/mol. The summed E-state index contributed by atoms with van der Waals surface area (Å²) in [5.41, 5.74) is 7.18. The third-order valence-electron chi connectivity index (χ3n) is 2.97. The van der Waals surface area contributed by atoms with Crippen molar-refractivity contribution in [1.82, 2.24) is 0 Å². The molecule has 0 radical (unpaired) electrons. The van der Waals surface area contributed by atoms with E-state index in [1.165, 1.54) is 25.0 Å². The summed E-state index contributed by atoms with van der Waals surface area (Å²) in [6.45, 7) is 3.85. The van der Waals surface area contributed by atoms with Crippen LogP contribution in [0.1, 0.15) is 19.8 Å². The second-order valence-corrected chi connectivity index (χ2v) is 4.71. The van der Waals surface area contributed by atoms with E-state index >= 15 is 0 Å². The van der Waals surface area contributed by atoms with Crippen LogP contribution in [0.4, 0.5) is 15.8 Å². The van der Waals surface area contributed by atoms with Crippen molar-refractivity contribution >= 4 is 23.0 Å². The molecular formula is C12H16ClFN2. The topological polar surface area (TPSA) is 29.3 Å². The lowest BCUT2D eigenvalue weighted by Gasteiger charge is -2.24. The minimum absolute atomic E-state index is 0.0868. The van der Waals surface area contributed by atoms with Gasteiger partial charge in [0.05, 0.1) is 16.4 Å². The van der Waals surface area contributed by atoms with E-state index in [2.05, 4.69) is 4.90 Å². The lowest BCUT2D eigenvalue weighted by Crippen LogP contribution is -2.26. The van der Waals surface area contributed by atoms with E-state index in [4.69, 9.17) is 17.3 Å². The molecule has 0 amide bonds. The highest BCUT2D eigenvalue weighted by Gasteiger charge is 2.25. The predicted octanol–water partition coefficient (Wildman–Crippen LogP) is 3.30. The Balaban J connectivity index is 2.25. The van der Waals surface area contributed by atoms with Gasteiger partial charge in [0.2, 0.25) is 0 Å². The zero-order valence-corrected chi connectivity index (χ0v) is 10.1. The van der Waals surface area contributed by atoms with Crippen LogP contribution in [0.2, 0.25) is 5.02 Å². The van der Waals surface area contributed by atoms with Gasteiger partial charge >= 0.3 is 0 Å². The minimum atomic E-state index is -0.403. The molecule has 0 unspecified atom stereocenters. The molecule has 1 fully saturated rings. The van der Waals surface area contributed by atoms with Gasteiger partial charge in [-0.1, -0.05) is 11.6 Å². The van der Waals surface area contributed by atoms with Crippen molar-refractivity contribution < 1.29 is 4.39 Å². The SMILES string of the molecule is CCN(CC1CC1)c1cc(F)c(Cl)cc1N. The Hall–Kier alpha value is -0.960. The first-order chi connectivity index (χ1) is 7.61. The zero-order valence-electron chi connectivity index (χ0n) is 9.34. The molecule has 1 aliphatic carbocycles. The fraction of sp³-hybridized carbons (Fsp3) is 0.500. The summed E-state index contributed by atoms with van der Waals surface area (Å²) in [5, 5.41) is 0.0868. The van der Waals surface area contributed by atoms with E-state index in [9.17, 15) is 4.39 Å². The maximum absolute atomic E-state index is 13.4. The van der Waals surface area contributed by atoms with E-state index in [-0.39, 0.29) is 5.02 Å². The van der Waals surface area contributed by atoms with Crippen LogP contribution in [-0.2, 0) is 0 Å². The number of halogens is 2. The van der Waals surface area contributed by atoms with Gasteiger partial charge in [-0.3, -0.25) is 0 Å². The molecule has 1 aliphatic rings. The largest absolute Gasteiger partial charge is 0.397 e. The summed E-state index contributed by atoms with van der Waals surface area (Å²) in [7, 11) is 0. The molecule has 0 saturated heterocycles. The van der Waals surface area contributed by atoms with Crippen LogP contribution < -0.4 is 10.6 Å². The average molecular weight is 243 g/mol. The van der Waals surface area contributed by atoms with Crippen molar-refractivity contribution in [3.05, 3.63) is 23.0 Å². The number of benzene rings is 1. The van der Waals surface area contributed by atoms with E-state index < -0.39 is 5.82 Å². The quantitative estimate of drug-likeness (QED) is 0.821. The maximum Gasteiger partial charge on any atom is 0.144 e. The summed E-state index contributed by atoms with van der Waals surface area (Å²) >= 11 is 5.68. The summed E-state index contributed by atoms with van der Waals surface area (Å²) in [6.07, 6.45) is 2.54. The molecule has 1 saturated carbocycles. The average Bonchev–Trinajstić information content (AvgIpc) is 3.04. The molecule has 4 heteroatoms. The fourth-order valence-electron chi connectivity index (χ4n) is 1.84. The van der Waals surface area contributed by atoms with Gasteiger partial charge < -0.3 is 10.6 Å². The summed E-state index contributed by atoms with van der Waals surface area (Å²) in [5.74, 6) is 0.346. The van der Waals surface area contributed by atoms with Crippen LogP contribution >= 0.6 is 11.6 Å². The van der Waals surface area contributed by atoms with Gasteiger partial charge in [0.1, 0.15) is 5.82 Å². The monoisotopic (exact) mass is 242 g/mol. The number of nitrogens with two attached hydrogens (primary N) is 1. The minimum Gasteiger partial charge on any atom is -0.397 e. The fourth-order valence-corrected chi connectivity index (χ4v) is 2.01. The lowest BCUT2D eigenvalue weighted by atomic mass is 10.2. The molecule has 0 heterocycles. The van der Waals surface area contributed by atoms with Crippen molar-refractivity contribution in [3.8, 4) is 0 Å². The standard InChI is InChI=1S/C12H16ClFN2/c1-2-16(7-8-3-4-8)12-6-10(14)9(13)5-11(12)15/h5-6,8H,2-4,7,15H2,1H3. The second kappa shape index (κ2) is 4.50. The number of anilines is 2. The summed E-state index contributed by atoms with van der Waals surface area (Å²) in [6, 6.07) is 2.92. The Morgan fingerprint density at radius 1 is 1.50 bits per heavy atom. The Morgan fingerprint density at radius 3 is 2.75 bits per heavy atom. The Labute approximate surface area is 100 Å². The molecule has 0 aromatic heterocycles. The van der Waals surface area contributed by atoms with Crippen LogP contribution in [0.5, 0.6) is 0 Å². The normalized spacial score (nSPS) is 15.2. The number of nitrogens with zero attached hydrogens (tertiary/aromatic N) is 1. The molecule has 0 bridgehead atoms. The molecule has 16 heavy (non-hydrogen) atoms. The van der Waals surface area contributed by atoms with E-state index in [1.54, 1.807) is 0 Å². The molecule has 2 N–H and O–H groups in total. The van der Waals surface area contributed by atoms with Gasteiger partial charge in [-0.2, -0.15) is 0 Å². The summed E-state index contributed by atoms with van der Waals surface area (Å²) in [4.78, 5) is 2.12. The van der Waals surface area contributed by atoms with Crippen molar-refractivity contribution in [2.75, 3.05) is 23.7 Å². The van der Waals surface area contributed by atoms with E-state index in [0.29, 0.717) is 5.69 Å². The molecule has 2 nitrogen and oxygen atoms in total. The Kier molecular flexibility index (Phi) is 3.24. The van der Waals surface area contributed by atoms with Crippen LogP contribution in [0.25, 0.3) is 0 Å². The van der Waals surface area contributed by atoms with Crippen LogP contribution in [0.3, 0.4) is 0 Å². The smallest absolute Gasteiger partial charge is 0.144 e. The van der Waals surface area contributed by atoms with Crippen LogP contribution in [0.15, 0.2) is 12.1 Å². The van der Waals surface area contributed by atoms with Crippen molar-refractivity contribution in [2.24, 2.45) is 5.92 Å². The highest BCUT2D eigenvalue weighted by Crippen LogP contribution is 2.34. The Bertz CT molecular complexity index is 391. The number of rotatable bonds is 4. The van der Waals surface area contributed by atoms with Gasteiger partial charge in [0.25, 0.3) is 0 Å². The van der Waals surface area contributed by atoms with Gasteiger partial charge in [-0.15, -0.1) is 0 Å².